The lowest BCUT2D eigenvalue weighted by Gasteiger charge is -2.07. The summed E-state index contributed by atoms with van der Waals surface area (Å²) in [4.78, 5) is 15.9. The fraction of sp³-hybridized carbons (Fsp3) is 0.158. The molecule has 0 aliphatic carbocycles. The highest BCUT2D eigenvalue weighted by molar-refractivity contribution is 5.76. The molecule has 3 aromatic rings. The summed E-state index contributed by atoms with van der Waals surface area (Å²) in [6.45, 7) is 0.478. The summed E-state index contributed by atoms with van der Waals surface area (Å²) in [5, 5.41) is 2.89. The number of hydrogen-bond acceptors (Lipinski definition) is 2. The summed E-state index contributed by atoms with van der Waals surface area (Å²) in [6, 6.07) is 14.3. The molecule has 0 fully saturated rings. The summed E-state index contributed by atoms with van der Waals surface area (Å²) in [7, 11) is 0. The second kappa shape index (κ2) is 7.55. The molecule has 0 saturated heterocycles. The van der Waals surface area contributed by atoms with Gasteiger partial charge in [0.15, 0.2) is 0 Å². The second-order valence-corrected chi connectivity index (χ2v) is 5.54. The number of benzene rings is 2. The first kappa shape index (κ1) is 15.9. The Hall–Kier alpha value is -2.95. The molecular weight excluding hydrogens is 305 g/mol. The third-order valence-corrected chi connectivity index (χ3v) is 3.76. The number of halogens is 1. The van der Waals surface area contributed by atoms with Crippen LogP contribution in [0, 0.1) is 5.82 Å². The van der Waals surface area contributed by atoms with E-state index in [2.05, 4.69) is 10.3 Å². The molecule has 1 N–H and O–H groups in total. The molecule has 0 atom stereocenters. The van der Waals surface area contributed by atoms with Crippen molar-refractivity contribution in [1.82, 2.24) is 14.9 Å². The molecule has 122 valence electrons. The zero-order valence-corrected chi connectivity index (χ0v) is 13.2. The maximum atomic E-state index is 13.1. The van der Waals surface area contributed by atoms with Gasteiger partial charge < -0.3 is 9.88 Å². The van der Waals surface area contributed by atoms with E-state index in [1.54, 1.807) is 18.6 Å². The van der Waals surface area contributed by atoms with E-state index in [1.165, 1.54) is 12.1 Å². The van der Waals surface area contributed by atoms with Crippen molar-refractivity contribution in [2.45, 2.75) is 19.4 Å². The number of carbonyl (C=O) groups is 1. The topological polar surface area (TPSA) is 46.9 Å². The van der Waals surface area contributed by atoms with Crippen molar-refractivity contribution in [2.75, 3.05) is 0 Å². The van der Waals surface area contributed by atoms with E-state index in [0.717, 1.165) is 16.8 Å². The van der Waals surface area contributed by atoms with Crippen LogP contribution in [0.15, 0.2) is 67.3 Å². The number of rotatable bonds is 6. The molecule has 24 heavy (non-hydrogen) atoms. The molecule has 4 nitrogen and oxygen atoms in total. The van der Waals surface area contributed by atoms with Crippen LogP contribution in [0.5, 0.6) is 0 Å². The number of nitrogens with zero attached hydrogens (tertiary/aromatic N) is 2. The molecule has 1 amide bonds. The number of nitrogens with one attached hydrogen (secondary N) is 1. The van der Waals surface area contributed by atoms with Crippen LogP contribution in [0.1, 0.15) is 17.5 Å². The quantitative estimate of drug-likeness (QED) is 0.757. The van der Waals surface area contributed by atoms with Gasteiger partial charge in [-0.2, -0.15) is 0 Å². The molecule has 0 bridgehead atoms. The molecule has 2 aromatic carbocycles. The Morgan fingerprint density at radius 3 is 2.67 bits per heavy atom. The van der Waals surface area contributed by atoms with E-state index < -0.39 is 0 Å². The number of aromatic nitrogens is 2. The molecule has 5 heteroatoms. The zero-order valence-electron chi connectivity index (χ0n) is 13.2. The summed E-state index contributed by atoms with van der Waals surface area (Å²) in [5.74, 6) is -0.316. The third-order valence-electron chi connectivity index (χ3n) is 3.76. The van der Waals surface area contributed by atoms with Gasteiger partial charge in [0.1, 0.15) is 5.82 Å². The Morgan fingerprint density at radius 1 is 1.12 bits per heavy atom. The van der Waals surface area contributed by atoms with Gasteiger partial charge in [-0.25, -0.2) is 9.37 Å². The Bertz CT molecular complexity index is 798. The fourth-order valence-electron chi connectivity index (χ4n) is 2.44. The minimum absolute atomic E-state index is 0.0436. The van der Waals surface area contributed by atoms with Gasteiger partial charge in [-0.15, -0.1) is 0 Å². The Balaban J connectivity index is 1.47. The van der Waals surface area contributed by atoms with Crippen LogP contribution in [0.3, 0.4) is 0 Å². The molecule has 0 aliphatic heterocycles. The maximum absolute atomic E-state index is 13.1. The normalized spacial score (nSPS) is 10.5. The smallest absolute Gasteiger partial charge is 0.220 e. The van der Waals surface area contributed by atoms with E-state index in [4.69, 9.17) is 0 Å². The minimum Gasteiger partial charge on any atom is -0.352 e. The third kappa shape index (κ3) is 4.29. The van der Waals surface area contributed by atoms with Crippen LogP contribution in [0.25, 0.3) is 5.69 Å². The summed E-state index contributed by atoms with van der Waals surface area (Å²) in [6.07, 6.45) is 6.22. The maximum Gasteiger partial charge on any atom is 0.220 e. The molecule has 0 radical (unpaired) electrons. The van der Waals surface area contributed by atoms with Crippen LogP contribution in [0.2, 0.25) is 0 Å². The van der Waals surface area contributed by atoms with Gasteiger partial charge in [0.05, 0.1) is 6.33 Å². The van der Waals surface area contributed by atoms with E-state index in [9.17, 15) is 9.18 Å². The van der Waals surface area contributed by atoms with E-state index in [0.29, 0.717) is 19.4 Å². The molecule has 1 heterocycles. The van der Waals surface area contributed by atoms with Gasteiger partial charge in [-0.05, 0) is 41.8 Å². The fourth-order valence-corrected chi connectivity index (χ4v) is 2.44. The summed E-state index contributed by atoms with van der Waals surface area (Å²) in [5.41, 5.74) is 2.88. The first-order chi connectivity index (χ1) is 11.7. The predicted molar refractivity (Wildman–Crippen MR) is 90.1 cm³/mol. The van der Waals surface area contributed by atoms with E-state index >= 15 is 0 Å². The first-order valence-electron chi connectivity index (χ1n) is 7.79. The zero-order chi connectivity index (χ0) is 16.8. The van der Waals surface area contributed by atoms with Gasteiger partial charge in [0, 0.05) is 31.0 Å². The van der Waals surface area contributed by atoms with Crippen LogP contribution in [-0.2, 0) is 17.8 Å². The number of carbonyl (C=O) groups excluding carboxylic acids is 1. The van der Waals surface area contributed by atoms with Crippen molar-refractivity contribution in [3.05, 3.63) is 84.2 Å². The molecular formula is C19H18FN3O. The van der Waals surface area contributed by atoms with Crippen molar-refractivity contribution in [1.29, 1.82) is 0 Å². The SMILES string of the molecule is O=C(CCc1cccc(F)c1)NCc1ccc(-n2ccnc2)cc1. The predicted octanol–water partition coefficient (Wildman–Crippen LogP) is 3.26. The number of aryl methyl sites for hydroxylation is 1. The number of amides is 1. The van der Waals surface area contributed by atoms with Crippen molar-refractivity contribution in [3.8, 4) is 5.69 Å². The largest absolute Gasteiger partial charge is 0.352 e. The van der Waals surface area contributed by atoms with Crippen molar-refractivity contribution in [2.24, 2.45) is 0 Å². The van der Waals surface area contributed by atoms with Crippen LogP contribution >= 0.6 is 0 Å². The highest BCUT2D eigenvalue weighted by Crippen LogP contribution is 2.10. The van der Waals surface area contributed by atoms with Crippen LogP contribution in [0.4, 0.5) is 4.39 Å². The lowest BCUT2D eigenvalue weighted by molar-refractivity contribution is -0.121. The number of imidazole rings is 1. The van der Waals surface area contributed by atoms with E-state index in [1.807, 2.05) is 41.1 Å². The van der Waals surface area contributed by atoms with Gasteiger partial charge in [-0.1, -0.05) is 24.3 Å². The van der Waals surface area contributed by atoms with Crippen molar-refractivity contribution >= 4 is 5.91 Å². The summed E-state index contributed by atoms with van der Waals surface area (Å²) < 4.78 is 15.0. The lowest BCUT2D eigenvalue weighted by atomic mass is 10.1. The lowest BCUT2D eigenvalue weighted by Crippen LogP contribution is -2.23. The first-order valence-corrected chi connectivity index (χ1v) is 7.79. The monoisotopic (exact) mass is 323 g/mol. The average Bonchev–Trinajstić information content (AvgIpc) is 3.13. The Kier molecular flexibility index (Phi) is 5.01. The minimum atomic E-state index is -0.272. The molecule has 0 saturated carbocycles. The molecule has 0 spiro atoms. The molecule has 0 unspecified atom stereocenters. The Morgan fingerprint density at radius 2 is 1.96 bits per heavy atom. The van der Waals surface area contributed by atoms with Gasteiger partial charge in [-0.3, -0.25) is 4.79 Å². The highest BCUT2D eigenvalue weighted by atomic mass is 19.1. The average molecular weight is 323 g/mol. The molecule has 3 rings (SSSR count). The van der Waals surface area contributed by atoms with Crippen molar-refractivity contribution < 1.29 is 9.18 Å². The second-order valence-electron chi connectivity index (χ2n) is 5.54. The Labute approximate surface area is 140 Å². The van der Waals surface area contributed by atoms with Crippen LogP contribution in [-0.4, -0.2) is 15.5 Å². The van der Waals surface area contributed by atoms with Gasteiger partial charge >= 0.3 is 0 Å². The van der Waals surface area contributed by atoms with Gasteiger partial charge in [0.25, 0.3) is 0 Å². The van der Waals surface area contributed by atoms with E-state index in [-0.39, 0.29) is 11.7 Å². The van der Waals surface area contributed by atoms with Crippen molar-refractivity contribution in [3.63, 3.8) is 0 Å². The summed E-state index contributed by atoms with van der Waals surface area (Å²) >= 11 is 0. The standard InChI is InChI=1S/C19H18FN3O/c20-17-3-1-2-15(12-17)6-9-19(24)22-13-16-4-7-18(8-5-16)23-11-10-21-14-23/h1-5,7-8,10-12,14H,6,9,13H2,(H,22,24). The molecule has 0 aliphatic rings. The highest BCUT2D eigenvalue weighted by Gasteiger charge is 2.04. The number of hydrogen-bond donors (Lipinski definition) is 1. The van der Waals surface area contributed by atoms with Gasteiger partial charge in [0.2, 0.25) is 5.91 Å². The van der Waals surface area contributed by atoms with Crippen LogP contribution < -0.4 is 5.32 Å². The molecule has 1 aromatic heterocycles.